The van der Waals surface area contributed by atoms with E-state index in [-0.39, 0.29) is 18.2 Å². The van der Waals surface area contributed by atoms with Gasteiger partial charge in [0.2, 0.25) is 5.91 Å². The number of carbonyl (C=O) groups is 2. The lowest BCUT2D eigenvalue weighted by molar-refractivity contribution is -0.116. The zero-order valence-corrected chi connectivity index (χ0v) is 16.5. The molecule has 27 heavy (non-hydrogen) atoms. The lowest BCUT2D eigenvalue weighted by Gasteiger charge is -2.27. The summed E-state index contributed by atoms with van der Waals surface area (Å²) in [5.41, 5.74) is 1.83. The van der Waals surface area contributed by atoms with Crippen LogP contribution in [0, 0.1) is 0 Å². The van der Waals surface area contributed by atoms with E-state index in [2.05, 4.69) is 5.32 Å². The molecular formula is C21H22Cl2N2O2. The fourth-order valence-corrected chi connectivity index (χ4v) is 3.85. The third-order valence-corrected chi connectivity index (χ3v) is 5.45. The summed E-state index contributed by atoms with van der Waals surface area (Å²) >= 11 is 12.3. The first-order chi connectivity index (χ1) is 13.1. The number of hydrogen-bond acceptors (Lipinski definition) is 2. The summed E-state index contributed by atoms with van der Waals surface area (Å²) in [6.07, 6.45) is 3.88. The fraction of sp³-hybridized carbons (Fsp3) is 0.333. The van der Waals surface area contributed by atoms with Crippen molar-refractivity contribution in [1.29, 1.82) is 0 Å². The molecule has 0 spiro atoms. The molecule has 2 amide bonds. The molecule has 1 N–H and O–H groups in total. The second kappa shape index (κ2) is 9.25. The zero-order valence-electron chi connectivity index (χ0n) is 15.0. The van der Waals surface area contributed by atoms with Gasteiger partial charge in [-0.1, -0.05) is 41.4 Å². The molecule has 0 aliphatic carbocycles. The topological polar surface area (TPSA) is 49.4 Å². The van der Waals surface area contributed by atoms with Crippen LogP contribution in [0.4, 0.5) is 5.69 Å². The summed E-state index contributed by atoms with van der Waals surface area (Å²) in [7, 11) is 0. The Kier molecular flexibility index (Phi) is 6.75. The van der Waals surface area contributed by atoms with E-state index in [1.54, 1.807) is 30.3 Å². The number of piperidine rings is 1. The quantitative estimate of drug-likeness (QED) is 0.744. The lowest BCUT2D eigenvalue weighted by atomic mass is 10.1. The smallest absolute Gasteiger partial charge is 0.255 e. The second-order valence-electron chi connectivity index (χ2n) is 6.65. The first kappa shape index (κ1) is 19.7. The summed E-state index contributed by atoms with van der Waals surface area (Å²) in [6.45, 7) is 1.54. The Morgan fingerprint density at radius 3 is 2.30 bits per heavy atom. The Balaban J connectivity index is 1.66. The maximum Gasteiger partial charge on any atom is 0.255 e. The number of para-hydroxylation sites is 1. The van der Waals surface area contributed by atoms with Gasteiger partial charge in [0, 0.05) is 29.6 Å². The minimum absolute atomic E-state index is 0.0280. The van der Waals surface area contributed by atoms with Crippen LogP contribution in [0.1, 0.15) is 41.6 Å². The van der Waals surface area contributed by atoms with Crippen LogP contribution >= 0.6 is 23.2 Å². The van der Waals surface area contributed by atoms with Crippen LogP contribution in [0.25, 0.3) is 0 Å². The molecule has 1 aliphatic rings. The molecule has 6 heteroatoms. The normalized spacial score (nSPS) is 14.1. The number of hydrogen-bond donors (Lipinski definition) is 1. The van der Waals surface area contributed by atoms with E-state index in [4.69, 9.17) is 23.2 Å². The highest BCUT2D eigenvalue weighted by Gasteiger charge is 2.21. The summed E-state index contributed by atoms with van der Waals surface area (Å²) in [5.74, 6) is -0.204. The summed E-state index contributed by atoms with van der Waals surface area (Å²) in [6, 6.07) is 12.4. The maximum absolute atomic E-state index is 12.8. The monoisotopic (exact) mass is 404 g/mol. The minimum Gasteiger partial charge on any atom is -0.339 e. The minimum atomic E-state index is -0.176. The van der Waals surface area contributed by atoms with Gasteiger partial charge in [0.05, 0.1) is 11.3 Å². The zero-order chi connectivity index (χ0) is 19.2. The standard InChI is InChI=1S/C21H22Cl2N2O2/c22-17-8-6-9-18(23)15(17)11-12-20(26)24-19-10-3-2-7-16(19)21(27)25-13-4-1-5-14-25/h2-3,6-10H,1,4-5,11-14H2,(H,24,26). The van der Waals surface area contributed by atoms with Gasteiger partial charge in [-0.05, 0) is 55.5 Å². The highest BCUT2D eigenvalue weighted by molar-refractivity contribution is 6.36. The van der Waals surface area contributed by atoms with E-state index >= 15 is 0 Å². The Morgan fingerprint density at radius 2 is 1.59 bits per heavy atom. The summed E-state index contributed by atoms with van der Waals surface area (Å²) in [5, 5.41) is 3.97. The number of anilines is 1. The average molecular weight is 405 g/mol. The molecule has 0 radical (unpaired) electrons. The Bertz CT molecular complexity index is 812. The third kappa shape index (κ3) is 5.02. The van der Waals surface area contributed by atoms with Gasteiger partial charge in [-0.15, -0.1) is 0 Å². The van der Waals surface area contributed by atoms with Gasteiger partial charge in [0.15, 0.2) is 0 Å². The molecule has 0 bridgehead atoms. The first-order valence-corrected chi connectivity index (χ1v) is 9.93. The SMILES string of the molecule is O=C(CCc1c(Cl)cccc1Cl)Nc1ccccc1C(=O)N1CCCCC1. The van der Waals surface area contributed by atoms with Crippen LogP contribution in [0.5, 0.6) is 0 Å². The van der Waals surface area contributed by atoms with Crippen molar-refractivity contribution in [3.63, 3.8) is 0 Å². The van der Waals surface area contributed by atoms with E-state index in [1.807, 2.05) is 17.0 Å². The fourth-order valence-electron chi connectivity index (χ4n) is 3.27. The van der Waals surface area contributed by atoms with E-state index in [9.17, 15) is 9.59 Å². The number of likely N-dealkylation sites (tertiary alicyclic amines) is 1. The predicted molar refractivity (Wildman–Crippen MR) is 110 cm³/mol. The number of rotatable bonds is 5. The third-order valence-electron chi connectivity index (χ3n) is 4.74. The molecule has 0 atom stereocenters. The van der Waals surface area contributed by atoms with Crippen molar-refractivity contribution in [2.75, 3.05) is 18.4 Å². The van der Waals surface area contributed by atoms with Crippen molar-refractivity contribution in [2.24, 2.45) is 0 Å². The van der Waals surface area contributed by atoms with E-state index in [0.29, 0.717) is 27.7 Å². The number of amides is 2. The van der Waals surface area contributed by atoms with Crippen LogP contribution in [-0.4, -0.2) is 29.8 Å². The summed E-state index contributed by atoms with van der Waals surface area (Å²) < 4.78 is 0. The van der Waals surface area contributed by atoms with Gasteiger partial charge < -0.3 is 10.2 Å². The van der Waals surface area contributed by atoms with E-state index in [1.165, 1.54) is 0 Å². The van der Waals surface area contributed by atoms with Gasteiger partial charge >= 0.3 is 0 Å². The largest absolute Gasteiger partial charge is 0.339 e. The maximum atomic E-state index is 12.8. The molecule has 3 rings (SSSR count). The molecule has 0 unspecified atom stereocenters. The van der Waals surface area contributed by atoms with Crippen LogP contribution in [0.15, 0.2) is 42.5 Å². The molecule has 1 heterocycles. The van der Waals surface area contributed by atoms with Gasteiger partial charge in [-0.25, -0.2) is 0 Å². The molecule has 2 aromatic rings. The van der Waals surface area contributed by atoms with Gasteiger partial charge in [0.25, 0.3) is 5.91 Å². The number of halogens is 2. The van der Waals surface area contributed by atoms with Crippen molar-refractivity contribution in [2.45, 2.75) is 32.1 Å². The highest BCUT2D eigenvalue weighted by atomic mass is 35.5. The van der Waals surface area contributed by atoms with Gasteiger partial charge in [0.1, 0.15) is 0 Å². The number of benzene rings is 2. The molecule has 1 fully saturated rings. The highest BCUT2D eigenvalue weighted by Crippen LogP contribution is 2.26. The van der Waals surface area contributed by atoms with Crippen molar-refractivity contribution < 1.29 is 9.59 Å². The molecule has 1 aliphatic heterocycles. The van der Waals surface area contributed by atoms with Crippen molar-refractivity contribution in [1.82, 2.24) is 4.90 Å². The number of nitrogens with one attached hydrogen (secondary N) is 1. The molecule has 0 aromatic heterocycles. The van der Waals surface area contributed by atoms with Gasteiger partial charge in [-0.3, -0.25) is 9.59 Å². The first-order valence-electron chi connectivity index (χ1n) is 9.17. The molecule has 0 saturated carbocycles. The van der Waals surface area contributed by atoms with E-state index < -0.39 is 0 Å². The molecule has 2 aromatic carbocycles. The second-order valence-corrected chi connectivity index (χ2v) is 7.46. The van der Waals surface area contributed by atoms with Crippen LogP contribution in [0.2, 0.25) is 10.0 Å². The van der Waals surface area contributed by atoms with Crippen molar-refractivity contribution >= 4 is 40.7 Å². The predicted octanol–water partition coefficient (Wildman–Crippen LogP) is 5.19. The number of nitrogens with zero attached hydrogens (tertiary/aromatic N) is 1. The van der Waals surface area contributed by atoms with Crippen molar-refractivity contribution in [3.8, 4) is 0 Å². The molecule has 4 nitrogen and oxygen atoms in total. The van der Waals surface area contributed by atoms with Gasteiger partial charge in [-0.2, -0.15) is 0 Å². The molecule has 1 saturated heterocycles. The van der Waals surface area contributed by atoms with E-state index in [0.717, 1.165) is 37.9 Å². The van der Waals surface area contributed by atoms with Crippen molar-refractivity contribution in [3.05, 3.63) is 63.6 Å². The Hall–Kier alpha value is -2.04. The van der Waals surface area contributed by atoms with Crippen LogP contribution < -0.4 is 5.32 Å². The van der Waals surface area contributed by atoms with Crippen LogP contribution in [0.3, 0.4) is 0 Å². The summed E-state index contributed by atoms with van der Waals surface area (Å²) in [4.78, 5) is 27.1. The Labute approximate surface area is 169 Å². The van der Waals surface area contributed by atoms with Crippen LogP contribution in [-0.2, 0) is 11.2 Å². The lowest BCUT2D eigenvalue weighted by Crippen LogP contribution is -2.36. The average Bonchev–Trinajstić information content (AvgIpc) is 2.68. The Morgan fingerprint density at radius 1 is 0.926 bits per heavy atom. The molecular weight excluding hydrogens is 383 g/mol. The number of carbonyl (C=O) groups excluding carboxylic acids is 2. The molecule has 142 valence electrons.